The van der Waals surface area contributed by atoms with Crippen LogP contribution in [0.5, 0.6) is 0 Å². The first-order chi connectivity index (χ1) is 16.1. The summed E-state index contributed by atoms with van der Waals surface area (Å²) in [5, 5.41) is 0. The van der Waals surface area contributed by atoms with Crippen LogP contribution in [0.3, 0.4) is 0 Å². The van der Waals surface area contributed by atoms with Crippen molar-refractivity contribution in [3.05, 3.63) is 0 Å². The Balaban J connectivity index is 0. The molecule has 0 N–H and O–H groups in total. The van der Waals surface area contributed by atoms with Gasteiger partial charge in [-0.1, -0.05) is 118 Å². The van der Waals surface area contributed by atoms with E-state index in [0.717, 1.165) is 32.1 Å². The van der Waals surface area contributed by atoms with Gasteiger partial charge in [-0.2, -0.15) is 0 Å². The number of hydrogen-bond donors (Lipinski definition) is 0. The second kappa shape index (κ2) is 27.9. The molecule has 0 saturated carbocycles. The number of carbonyl (C=O) groups excluding carboxylic acids is 1. The van der Waals surface area contributed by atoms with Crippen LogP contribution in [-0.4, -0.2) is 34.8 Å². The molecule has 0 aromatic carbocycles. The first-order valence-corrected chi connectivity index (χ1v) is 15.9. The zero-order valence-electron chi connectivity index (χ0n) is 23.1. The van der Waals surface area contributed by atoms with Crippen LogP contribution in [0, 0.1) is 0 Å². The summed E-state index contributed by atoms with van der Waals surface area (Å²) in [5.41, 5.74) is 0. The van der Waals surface area contributed by atoms with Crippen molar-refractivity contribution >= 4 is 15.0 Å². The van der Waals surface area contributed by atoms with Crippen LogP contribution in [0.25, 0.3) is 0 Å². The quantitative estimate of drug-likeness (QED) is 0.0819. The standard InChI is InChI=1S/C27H56O5Si.Ti/c1-5-9-10-11-12-13-14-15-16-17-18-19-20-21-22-23-27(28)32-33(29-24-6-2,30-25-7-3)31-26-8-4;/h5-26H2,1-4H3;. The Kier molecular flexibility index (Phi) is 29.9. The summed E-state index contributed by atoms with van der Waals surface area (Å²) in [4.78, 5) is 12.5. The predicted molar refractivity (Wildman–Crippen MR) is 140 cm³/mol. The summed E-state index contributed by atoms with van der Waals surface area (Å²) >= 11 is 0. The van der Waals surface area contributed by atoms with Gasteiger partial charge in [-0.15, -0.1) is 0 Å². The van der Waals surface area contributed by atoms with Gasteiger partial charge in [-0.05, 0) is 25.7 Å². The third-order valence-electron chi connectivity index (χ3n) is 5.67. The molecule has 0 bridgehead atoms. The zero-order valence-corrected chi connectivity index (χ0v) is 25.7. The van der Waals surface area contributed by atoms with Crippen molar-refractivity contribution in [3.63, 3.8) is 0 Å². The molecule has 0 amide bonds. The minimum atomic E-state index is -3.38. The van der Waals surface area contributed by atoms with E-state index in [1.54, 1.807) is 0 Å². The van der Waals surface area contributed by atoms with E-state index in [1.807, 2.05) is 20.8 Å². The minimum absolute atomic E-state index is 0. The van der Waals surface area contributed by atoms with Gasteiger partial charge in [0.25, 0.3) is 5.97 Å². The van der Waals surface area contributed by atoms with Crippen LogP contribution >= 0.6 is 0 Å². The molecule has 5 nitrogen and oxygen atoms in total. The maximum Gasteiger partial charge on any atom is 0.751 e. The van der Waals surface area contributed by atoms with Crippen LogP contribution in [0.2, 0.25) is 0 Å². The first kappa shape index (κ1) is 36.4. The summed E-state index contributed by atoms with van der Waals surface area (Å²) in [6.07, 6.45) is 22.6. The van der Waals surface area contributed by atoms with Crippen LogP contribution in [-0.2, 0) is 44.2 Å². The van der Waals surface area contributed by atoms with Gasteiger partial charge in [0, 0.05) is 48.0 Å². The fourth-order valence-corrected chi connectivity index (χ4v) is 5.90. The van der Waals surface area contributed by atoms with Gasteiger partial charge in [-0.25, -0.2) is 0 Å². The molecule has 34 heavy (non-hydrogen) atoms. The van der Waals surface area contributed by atoms with E-state index >= 15 is 0 Å². The molecule has 0 spiro atoms. The molecule has 0 radical (unpaired) electrons. The molecule has 0 aliphatic heterocycles. The maximum atomic E-state index is 12.5. The van der Waals surface area contributed by atoms with Gasteiger partial charge in [0.05, 0.1) is 0 Å². The maximum absolute atomic E-state index is 12.5. The minimum Gasteiger partial charge on any atom is -0.452 e. The SMILES string of the molecule is CCCCCCCCCCCCCCCCCC(=O)O[Si](OCCC)(OCCC)OCCC.[Ti]. The third kappa shape index (κ3) is 22.7. The molecule has 0 heterocycles. The van der Waals surface area contributed by atoms with Crippen molar-refractivity contribution in [2.75, 3.05) is 19.8 Å². The van der Waals surface area contributed by atoms with Crippen molar-refractivity contribution in [2.45, 2.75) is 150 Å². The molecule has 0 aromatic rings. The Hall–Kier alpha value is 0.281. The van der Waals surface area contributed by atoms with E-state index in [9.17, 15) is 4.79 Å². The summed E-state index contributed by atoms with van der Waals surface area (Å²) in [5.74, 6) is -0.250. The number of rotatable bonds is 26. The van der Waals surface area contributed by atoms with Gasteiger partial charge in [-0.3, -0.25) is 4.79 Å². The van der Waals surface area contributed by atoms with Crippen LogP contribution < -0.4 is 0 Å². The summed E-state index contributed by atoms with van der Waals surface area (Å²) in [7, 11) is -3.38. The van der Waals surface area contributed by atoms with Crippen LogP contribution in [0.1, 0.15) is 150 Å². The average molecular weight is 537 g/mol. The molecule has 0 atom stereocenters. The Labute approximate surface area is 228 Å². The smallest absolute Gasteiger partial charge is 0.452 e. The first-order valence-electron chi connectivity index (χ1n) is 14.3. The molecule has 0 aliphatic rings. The molecular weight excluding hydrogens is 480 g/mol. The van der Waals surface area contributed by atoms with Gasteiger partial charge in [0.15, 0.2) is 0 Å². The van der Waals surface area contributed by atoms with Crippen molar-refractivity contribution in [3.8, 4) is 0 Å². The van der Waals surface area contributed by atoms with E-state index in [-0.39, 0.29) is 27.7 Å². The number of carbonyl (C=O) groups is 1. The molecule has 0 rings (SSSR count). The summed E-state index contributed by atoms with van der Waals surface area (Å²) in [6.45, 7) is 9.78. The molecule has 7 heteroatoms. The normalized spacial score (nSPS) is 11.4. The molecule has 0 unspecified atom stereocenters. The summed E-state index contributed by atoms with van der Waals surface area (Å²) < 4.78 is 23.2. The predicted octanol–water partition coefficient (Wildman–Crippen LogP) is 8.50. The molecule has 202 valence electrons. The van der Waals surface area contributed by atoms with E-state index < -0.39 is 9.05 Å². The molecular formula is C27H56O5SiTi. The van der Waals surface area contributed by atoms with Crippen LogP contribution in [0.4, 0.5) is 0 Å². The fraction of sp³-hybridized carbons (Fsp3) is 0.963. The van der Waals surface area contributed by atoms with Gasteiger partial charge in [0.1, 0.15) is 0 Å². The van der Waals surface area contributed by atoms with E-state index in [0.29, 0.717) is 26.2 Å². The number of hydrogen-bond acceptors (Lipinski definition) is 5. The second-order valence-electron chi connectivity index (χ2n) is 9.22. The van der Waals surface area contributed by atoms with Crippen LogP contribution in [0.15, 0.2) is 0 Å². The van der Waals surface area contributed by atoms with E-state index in [1.165, 1.54) is 83.5 Å². The van der Waals surface area contributed by atoms with Gasteiger partial charge >= 0.3 is 9.05 Å². The van der Waals surface area contributed by atoms with Crippen molar-refractivity contribution in [2.24, 2.45) is 0 Å². The molecule has 0 aliphatic carbocycles. The zero-order chi connectivity index (χ0) is 24.5. The van der Waals surface area contributed by atoms with Crippen molar-refractivity contribution in [1.29, 1.82) is 0 Å². The van der Waals surface area contributed by atoms with E-state index in [4.69, 9.17) is 17.7 Å². The monoisotopic (exact) mass is 536 g/mol. The largest absolute Gasteiger partial charge is 0.751 e. The molecule has 0 fully saturated rings. The average Bonchev–Trinajstić information content (AvgIpc) is 2.82. The Morgan fingerprint density at radius 1 is 0.500 bits per heavy atom. The van der Waals surface area contributed by atoms with Crippen molar-refractivity contribution in [1.82, 2.24) is 0 Å². The summed E-state index contributed by atoms with van der Waals surface area (Å²) in [6, 6.07) is 0. The topological polar surface area (TPSA) is 54.0 Å². The Morgan fingerprint density at radius 2 is 0.824 bits per heavy atom. The van der Waals surface area contributed by atoms with Gasteiger partial charge < -0.3 is 17.7 Å². The fourth-order valence-electron chi connectivity index (χ4n) is 3.73. The van der Waals surface area contributed by atoms with Crippen molar-refractivity contribution < 1.29 is 44.2 Å². The second-order valence-corrected chi connectivity index (χ2v) is 11.3. The molecule has 0 saturated heterocycles. The van der Waals surface area contributed by atoms with E-state index in [2.05, 4.69) is 6.92 Å². The Morgan fingerprint density at radius 3 is 1.15 bits per heavy atom. The molecule has 0 aromatic heterocycles. The number of unbranched alkanes of at least 4 members (excludes halogenated alkanes) is 14. The Bertz CT molecular complexity index is 404. The third-order valence-corrected chi connectivity index (χ3v) is 7.82. The van der Waals surface area contributed by atoms with Gasteiger partial charge in [0.2, 0.25) is 0 Å².